The molecule has 4 nitrogen and oxygen atoms in total. The number of hydrogen-bond donors (Lipinski definition) is 1. The summed E-state index contributed by atoms with van der Waals surface area (Å²) in [5, 5.41) is 10.5. The van der Waals surface area contributed by atoms with E-state index in [1.807, 2.05) is 31.2 Å². The maximum atomic E-state index is 10.5. The molecule has 0 bridgehead atoms. The van der Waals surface area contributed by atoms with E-state index >= 15 is 0 Å². The smallest absolute Gasteiger partial charge is 0.128 e. The summed E-state index contributed by atoms with van der Waals surface area (Å²) in [5.74, 6) is 2.07. The van der Waals surface area contributed by atoms with Crippen molar-refractivity contribution in [2.24, 2.45) is 0 Å². The molecule has 2 aromatic carbocycles. The van der Waals surface area contributed by atoms with Gasteiger partial charge in [0.2, 0.25) is 0 Å². The van der Waals surface area contributed by atoms with Crippen LogP contribution in [0.3, 0.4) is 0 Å². The Bertz CT molecular complexity index is 578. The van der Waals surface area contributed by atoms with E-state index in [1.54, 1.807) is 32.4 Å². The van der Waals surface area contributed by atoms with Crippen molar-refractivity contribution in [1.82, 2.24) is 0 Å². The zero-order chi connectivity index (χ0) is 15.2. The molecule has 1 unspecified atom stereocenters. The molecule has 0 amide bonds. The second-order valence-corrected chi connectivity index (χ2v) is 4.51. The Morgan fingerprint density at radius 1 is 0.952 bits per heavy atom. The minimum Gasteiger partial charge on any atom is -0.497 e. The summed E-state index contributed by atoms with van der Waals surface area (Å²) in [6, 6.07) is 12.7. The average Bonchev–Trinajstić information content (AvgIpc) is 2.54. The van der Waals surface area contributed by atoms with Gasteiger partial charge in [-0.15, -0.1) is 0 Å². The first kappa shape index (κ1) is 15.2. The molecular weight excluding hydrogens is 268 g/mol. The van der Waals surface area contributed by atoms with Gasteiger partial charge in [-0.1, -0.05) is 12.1 Å². The third-order valence-electron chi connectivity index (χ3n) is 3.24. The molecule has 112 valence electrons. The molecule has 1 N–H and O–H groups in total. The van der Waals surface area contributed by atoms with Crippen molar-refractivity contribution in [3.05, 3.63) is 53.6 Å². The normalized spacial score (nSPS) is 11.8. The van der Waals surface area contributed by atoms with Crippen LogP contribution in [0.15, 0.2) is 42.5 Å². The lowest BCUT2D eigenvalue weighted by molar-refractivity contribution is 0.214. The van der Waals surface area contributed by atoms with Gasteiger partial charge in [-0.25, -0.2) is 0 Å². The van der Waals surface area contributed by atoms with Crippen LogP contribution in [0.25, 0.3) is 0 Å². The van der Waals surface area contributed by atoms with Crippen LogP contribution in [0.1, 0.15) is 24.2 Å². The van der Waals surface area contributed by atoms with Crippen molar-refractivity contribution < 1.29 is 19.3 Å². The zero-order valence-electron chi connectivity index (χ0n) is 12.5. The fourth-order valence-corrected chi connectivity index (χ4v) is 2.14. The highest BCUT2D eigenvalue weighted by Crippen LogP contribution is 2.33. The maximum Gasteiger partial charge on any atom is 0.128 e. The van der Waals surface area contributed by atoms with E-state index in [0.29, 0.717) is 23.7 Å². The van der Waals surface area contributed by atoms with Gasteiger partial charge in [0.15, 0.2) is 0 Å². The highest BCUT2D eigenvalue weighted by molar-refractivity contribution is 5.45. The highest BCUT2D eigenvalue weighted by atomic mass is 16.5. The maximum absolute atomic E-state index is 10.5. The van der Waals surface area contributed by atoms with E-state index < -0.39 is 6.10 Å². The average molecular weight is 288 g/mol. The highest BCUT2D eigenvalue weighted by Gasteiger charge is 2.16. The molecule has 0 fully saturated rings. The van der Waals surface area contributed by atoms with Gasteiger partial charge < -0.3 is 19.3 Å². The van der Waals surface area contributed by atoms with Crippen LogP contribution in [0, 0.1) is 0 Å². The molecule has 1 atom stereocenters. The number of rotatable bonds is 6. The van der Waals surface area contributed by atoms with Crippen molar-refractivity contribution in [1.29, 1.82) is 0 Å². The van der Waals surface area contributed by atoms with E-state index in [-0.39, 0.29) is 0 Å². The summed E-state index contributed by atoms with van der Waals surface area (Å²) in [6.07, 6.45) is -0.762. The summed E-state index contributed by atoms with van der Waals surface area (Å²) in [4.78, 5) is 0. The van der Waals surface area contributed by atoms with Crippen molar-refractivity contribution in [2.45, 2.75) is 13.0 Å². The van der Waals surface area contributed by atoms with E-state index in [4.69, 9.17) is 14.2 Å². The Kier molecular flexibility index (Phi) is 5.06. The second-order valence-electron chi connectivity index (χ2n) is 4.51. The molecule has 0 saturated heterocycles. The molecule has 2 rings (SSSR count). The minimum absolute atomic E-state index is 0.593. The van der Waals surface area contributed by atoms with Gasteiger partial charge in [0.05, 0.1) is 20.8 Å². The van der Waals surface area contributed by atoms with Crippen LogP contribution >= 0.6 is 0 Å². The van der Waals surface area contributed by atoms with Gasteiger partial charge in [0, 0.05) is 11.6 Å². The largest absolute Gasteiger partial charge is 0.497 e. The lowest BCUT2D eigenvalue weighted by atomic mass is 10.0. The standard InChI is InChI=1S/C17H20O4/c1-4-21-13-7-5-12(6-8-13)17(18)15-10-9-14(19-2)11-16(15)20-3/h5-11,17-18H,4H2,1-3H3. The van der Waals surface area contributed by atoms with Crippen LogP contribution < -0.4 is 14.2 Å². The topological polar surface area (TPSA) is 47.9 Å². The Balaban J connectivity index is 2.28. The lowest BCUT2D eigenvalue weighted by Crippen LogP contribution is -2.03. The van der Waals surface area contributed by atoms with E-state index in [9.17, 15) is 5.11 Å². The minimum atomic E-state index is -0.762. The second kappa shape index (κ2) is 6.99. The number of ether oxygens (including phenoxy) is 3. The molecule has 4 heteroatoms. The molecule has 0 aromatic heterocycles. The molecule has 21 heavy (non-hydrogen) atoms. The molecule has 0 aliphatic rings. The van der Waals surface area contributed by atoms with Gasteiger partial charge in [-0.05, 0) is 36.8 Å². The van der Waals surface area contributed by atoms with Crippen molar-refractivity contribution in [2.75, 3.05) is 20.8 Å². The molecule has 0 aliphatic carbocycles. The molecule has 0 aliphatic heterocycles. The molecule has 0 spiro atoms. The Labute approximate surface area is 124 Å². The van der Waals surface area contributed by atoms with Crippen LogP contribution in [-0.4, -0.2) is 25.9 Å². The summed E-state index contributed by atoms with van der Waals surface area (Å²) in [7, 11) is 3.17. The fraction of sp³-hybridized carbons (Fsp3) is 0.294. The van der Waals surface area contributed by atoms with Crippen molar-refractivity contribution >= 4 is 0 Å². The first-order valence-corrected chi connectivity index (χ1v) is 6.82. The van der Waals surface area contributed by atoms with Crippen LogP contribution in [0.4, 0.5) is 0 Å². The quantitative estimate of drug-likeness (QED) is 0.887. The fourth-order valence-electron chi connectivity index (χ4n) is 2.14. The van der Waals surface area contributed by atoms with Crippen LogP contribution in [0.5, 0.6) is 17.2 Å². The summed E-state index contributed by atoms with van der Waals surface area (Å²) in [5.41, 5.74) is 1.48. The first-order valence-electron chi connectivity index (χ1n) is 6.82. The van der Waals surface area contributed by atoms with Gasteiger partial charge >= 0.3 is 0 Å². The summed E-state index contributed by atoms with van der Waals surface area (Å²) in [6.45, 7) is 2.55. The SMILES string of the molecule is CCOc1ccc(C(O)c2ccc(OC)cc2OC)cc1. The Morgan fingerprint density at radius 2 is 1.62 bits per heavy atom. The third-order valence-corrected chi connectivity index (χ3v) is 3.24. The molecule has 0 radical (unpaired) electrons. The van der Waals surface area contributed by atoms with Crippen molar-refractivity contribution in [3.8, 4) is 17.2 Å². The predicted octanol–water partition coefficient (Wildman–Crippen LogP) is 3.18. The van der Waals surface area contributed by atoms with E-state index in [1.165, 1.54) is 0 Å². The van der Waals surface area contributed by atoms with Gasteiger partial charge in [0.1, 0.15) is 23.4 Å². The number of benzene rings is 2. The zero-order valence-corrected chi connectivity index (χ0v) is 12.5. The summed E-state index contributed by atoms with van der Waals surface area (Å²) >= 11 is 0. The predicted molar refractivity (Wildman–Crippen MR) is 81.2 cm³/mol. The monoisotopic (exact) mass is 288 g/mol. The van der Waals surface area contributed by atoms with E-state index in [2.05, 4.69) is 0 Å². The Hall–Kier alpha value is -2.20. The first-order chi connectivity index (χ1) is 10.2. The van der Waals surface area contributed by atoms with Crippen LogP contribution in [-0.2, 0) is 0 Å². The third kappa shape index (κ3) is 3.47. The number of methoxy groups -OCH3 is 2. The molecule has 0 saturated carbocycles. The van der Waals surface area contributed by atoms with Gasteiger partial charge in [-0.2, -0.15) is 0 Å². The Morgan fingerprint density at radius 3 is 2.19 bits per heavy atom. The number of hydrogen-bond acceptors (Lipinski definition) is 4. The van der Waals surface area contributed by atoms with E-state index in [0.717, 1.165) is 11.3 Å². The van der Waals surface area contributed by atoms with Crippen molar-refractivity contribution in [3.63, 3.8) is 0 Å². The number of aliphatic hydroxyl groups is 1. The number of aliphatic hydroxyl groups excluding tert-OH is 1. The molecule has 0 heterocycles. The summed E-state index contributed by atoms with van der Waals surface area (Å²) < 4.78 is 15.9. The van der Waals surface area contributed by atoms with Crippen LogP contribution in [0.2, 0.25) is 0 Å². The molecular formula is C17H20O4. The lowest BCUT2D eigenvalue weighted by Gasteiger charge is -2.16. The van der Waals surface area contributed by atoms with Gasteiger partial charge in [-0.3, -0.25) is 0 Å². The molecule has 2 aromatic rings. The van der Waals surface area contributed by atoms with Gasteiger partial charge in [0.25, 0.3) is 0 Å².